The third-order valence-corrected chi connectivity index (χ3v) is 4.40. The average Bonchev–Trinajstić information content (AvgIpc) is 2.03. The largest absolute Gasteiger partial charge is 0.508 e. The number of rotatable bonds is 0. The van der Waals surface area contributed by atoms with E-state index in [4.69, 9.17) is 46.4 Å². The predicted octanol–water partition coefficient (Wildman–Crippen LogP) is 3.67. The van der Waals surface area contributed by atoms with Crippen molar-refractivity contribution in [2.45, 2.75) is 8.67 Å². The van der Waals surface area contributed by atoms with Crippen molar-refractivity contribution in [2.75, 3.05) is 0 Å². The van der Waals surface area contributed by atoms with E-state index in [9.17, 15) is 5.11 Å². The Balaban J connectivity index is 2.70. The number of benzene rings is 1. The van der Waals surface area contributed by atoms with Crippen LogP contribution in [-0.2, 0) is 8.67 Å². The van der Waals surface area contributed by atoms with Gasteiger partial charge in [0.2, 0.25) is 0 Å². The van der Waals surface area contributed by atoms with Crippen LogP contribution >= 0.6 is 46.4 Å². The summed E-state index contributed by atoms with van der Waals surface area (Å²) in [5.41, 5.74) is 0.948. The molecule has 70 valence electrons. The minimum atomic E-state index is -1.43. The molecule has 0 bridgehead atoms. The van der Waals surface area contributed by atoms with Crippen LogP contribution in [0, 0.1) is 0 Å². The number of hydrogen-bond donors (Lipinski definition) is 1. The summed E-state index contributed by atoms with van der Waals surface area (Å²) >= 11 is 23.5. The zero-order valence-electron chi connectivity index (χ0n) is 6.19. The van der Waals surface area contributed by atoms with Crippen molar-refractivity contribution in [3.05, 3.63) is 29.3 Å². The lowest BCUT2D eigenvalue weighted by atomic mass is 9.85. The van der Waals surface area contributed by atoms with Gasteiger partial charge >= 0.3 is 0 Å². The molecule has 0 unspecified atom stereocenters. The molecule has 0 fully saturated rings. The summed E-state index contributed by atoms with van der Waals surface area (Å²) in [5, 5.41) is 9.43. The molecule has 1 nitrogen and oxygen atoms in total. The second-order valence-electron chi connectivity index (χ2n) is 2.85. The first-order valence-electron chi connectivity index (χ1n) is 3.47. The Morgan fingerprint density at radius 1 is 1.00 bits per heavy atom. The van der Waals surface area contributed by atoms with Gasteiger partial charge in [0.15, 0.2) is 8.67 Å². The maximum Gasteiger partial charge on any atom is 0.183 e. The first-order valence-corrected chi connectivity index (χ1v) is 4.99. The fourth-order valence-corrected chi connectivity index (χ4v) is 2.50. The van der Waals surface area contributed by atoms with Gasteiger partial charge in [-0.3, -0.25) is 0 Å². The summed E-state index contributed by atoms with van der Waals surface area (Å²) in [4.78, 5) is 0. The van der Waals surface area contributed by atoms with E-state index >= 15 is 0 Å². The van der Waals surface area contributed by atoms with Crippen molar-refractivity contribution in [2.24, 2.45) is 0 Å². The molecular formula is C8H4Cl4O. The number of phenolic OH excluding ortho intramolecular Hbond substituents is 1. The second-order valence-corrected chi connectivity index (χ2v) is 5.50. The summed E-state index contributed by atoms with van der Waals surface area (Å²) in [7, 11) is 0. The Morgan fingerprint density at radius 2 is 1.62 bits per heavy atom. The smallest absolute Gasteiger partial charge is 0.183 e. The lowest BCUT2D eigenvalue weighted by Gasteiger charge is -2.45. The monoisotopic (exact) mass is 256 g/mol. The molecule has 0 atom stereocenters. The maximum absolute atomic E-state index is 9.43. The lowest BCUT2D eigenvalue weighted by molar-refractivity contribution is 0.447. The third-order valence-electron chi connectivity index (χ3n) is 2.09. The number of aromatic hydroxyl groups is 1. The van der Waals surface area contributed by atoms with E-state index in [-0.39, 0.29) is 5.75 Å². The molecule has 1 aromatic carbocycles. The first-order chi connectivity index (χ1) is 5.89. The summed E-state index contributed by atoms with van der Waals surface area (Å²) in [5.74, 6) is 0.0134. The molecule has 0 aromatic heterocycles. The Labute approximate surface area is 95.2 Å². The minimum Gasteiger partial charge on any atom is -0.508 e. The number of alkyl halides is 4. The van der Waals surface area contributed by atoms with Crippen molar-refractivity contribution in [1.82, 2.24) is 0 Å². The lowest BCUT2D eigenvalue weighted by Crippen LogP contribution is -2.43. The van der Waals surface area contributed by atoms with Gasteiger partial charge in [0.1, 0.15) is 5.75 Å². The van der Waals surface area contributed by atoms with Crippen molar-refractivity contribution in [3.8, 4) is 5.75 Å². The summed E-state index contributed by atoms with van der Waals surface area (Å²) in [6.07, 6.45) is 0. The highest BCUT2D eigenvalue weighted by atomic mass is 35.5. The van der Waals surface area contributed by atoms with Crippen LogP contribution in [0.25, 0.3) is 0 Å². The van der Waals surface area contributed by atoms with Crippen LogP contribution in [0.1, 0.15) is 11.1 Å². The molecule has 0 saturated heterocycles. The van der Waals surface area contributed by atoms with Gasteiger partial charge in [-0.2, -0.15) is 0 Å². The van der Waals surface area contributed by atoms with Crippen LogP contribution in [0.3, 0.4) is 0 Å². The Hall–Kier alpha value is 0.180. The normalized spacial score (nSPS) is 21.8. The van der Waals surface area contributed by atoms with Gasteiger partial charge in [0.25, 0.3) is 0 Å². The van der Waals surface area contributed by atoms with Gasteiger partial charge in [-0.1, -0.05) is 58.5 Å². The van der Waals surface area contributed by atoms with Crippen LogP contribution in [0.5, 0.6) is 5.75 Å². The van der Waals surface area contributed by atoms with Crippen molar-refractivity contribution in [1.29, 1.82) is 0 Å². The van der Waals surface area contributed by atoms with Crippen LogP contribution < -0.4 is 0 Å². The second kappa shape index (κ2) is 2.60. The number of phenols is 1. The molecule has 13 heavy (non-hydrogen) atoms. The summed E-state index contributed by atoms with van der Waals surface area (Å²) in [6.45, 7) is 0. The molecule has 0 aliphatic heterocycles. The Bertz CT molecular complexity index is 372. The highest BCUT2D eigenvalue weighted by molar-refractivity contribution is 6.64. The summed E-state index contributed by atoms with van der Waals surface area (Å²) < 4.78 is -2.78. The summed E-state index contributed by atoms with van der Waals surface area (Å²) in [6, 6.07) is 4.80. The van der Waals surface area contributed by atoms with E-state index in [0.29, 0.717) is 11.1 Å². The van der Waals surface area contributed by atoms with Crippen molar-refractivity contribution >= 4 is 46.4 Å². The van der Waals surface area contributed by atoms with Crippen LogP contribution in [0.4, 0.5) is 0 Å². The number of hydrogen-bond acceptors (Lipinski definition) is 1. The molecule has 1 aliphatic carbocycles. The average molecular weight is 258 g/mol. The maximum atomic E-state index is 9.43. The molecule has 0 amide bonds. The van der Waals surface area contributed by atoms with Gasteiger partial charge in [-0.25, -0.2) is 0 Å². The van der Waals surface area contributed by atoms with Gasteiger partial charge in [0.05, 0.1) is 0 Å². The molecule has 1 aliphatic rings. The fraction of sp³-hybridized carbons (Fsp3) is 0.250. The van der Waals surface area contributed by atoms with Crippen LogP contribution in [0.15, 0.2) is 18.2 Å². The van der Waals surface area contributed by atoms with E-state index in [2.05, 4.69) is 0 Å². The molecule has 0 radical (unpaired) electrons. The zero-order chi connectivity index (χ0) is 9.85. The fourth-order valence-electron chi connectivity index (χ4n) is 1.40. The standard InChI is InChI=1S/C8H4Cl4O/c9-7(10)4-2-1-3-5(13)6(4)8(7,11)12/h1-3,13H. The van der Waals surface area contributed by atoms with Crippen LogP contribution in [-0.4, -0.2) is 5.11 Å². The molecular weight excluding hydrogens is 254 g/mol. The number of halogens is 4. The molecule has 1 N–H and O–H groups in total. The third kappa shape index (κ3) is 1.02. The van der Waals surface area contributed by atoms with E-state index in [1.54, 1.807) is 12.1 Å². The topological polar surface area (TPSA) is 20.2 Å². The molecule has 0 heterocycles. The SMILES string of the molecule is Oc1cccc2c1C(Cl)(Cl)C2(Cl)Cl. The predicted molar refractivity (Wildman–Crippen MR) is 54.9 cm³/mol. The van der Waals surface area contributed by atoms with E-state index in [1.165, 1.54) is 6.07 Å². The quantitative estimate of drug-likeness (QED) is 0.704. The van der Waals surface area contributed by atoms with Crippen molar-refractivity contribution < 1.29 is 5.11 Å². The van der Waals surface area contributed by atoms with Gasteiger partial charge in [-0.05, 0) is 6.07 Å². The minimum absolute atomic E-state index is 0.0134. The van der Waals surface area contributed by atoms with Crippen molar-refractivity contribution in [3.63, 3.8) is 0 Å². The van der Waals surface area contributed by atoms with Gasteiger partial charge < -0.3 is 5.11 Å². The van der Waals surface area contributed by atoms with E-state index < -0.39 is 8.67 Å². The first kappa shape index (κ1) is 9.72. The molecule has 1 aromatic rings. The molecule has 0 saturated carbocycles. The van der Waals surface area contributed by atoms with Gasteiger partial charge in [0, 0.05) is 11.1 Å². The van der Waals surface area contributed by atoms with Crippen LogP contribution in [0.2, 0.25) is 0 Å². The Kier molecular flexibility index (Phi) is 1.95. The zero-order valence-corrected chi connectivity index (χ0v) is 9.21. The van der Waals surface area contributed by atoms with E-state index in [0.717, 1.165) is 0 Å². The number of fused-ring (bicyclic) bond motifs is 1. The molecule has 0 spiro atoms. The highest BCUT2D eigenvalue weighted by Crippen LogP contribution is 2.68. The molecule has 2 rings (SSSR count). The van der Waals surface area contributed by atoms with Gasteiger partial charge in [-0.15, -0.1) is 0 Å². The highest BCUT2D eigenvalue weighted by Gasteiger charge is 2.62. The molecule has 5 heteroatoms. The van der Waals surface area contributed by atoms with E-state index in [1.807, 2.05) is 0 Å². The Morgan fingerprint density at radius 3 is 2.15 bits per heavy atom.